The Labute approximate surface area is 225 Å². The zero-order chi connectivity index (χ0) is 26.3. The van der Waals surface area contributed by atoms with E-state index >= 15 is 0 Å². The summed E-state index contributed by atoms with van der Waals surface area (Å²) in [6, 6.07) is 36.5. The van der Waals surface area contributed by atoms with Gasteiger partial charge < -0.3 is 0 Å². The number of anilines is 1. The number of nitriles is 1. The third-order valence-corrected chi connectivity index (χ3v) is 8.97. The molecule has 4 aromatic rings. The number of quaternary nitrogens is 1. The van der Waals surface area contributed by atoms with Gasteiger partial charge in [0.2, 0.25) is 6.17 Å². The number of likely N-dealkylation sites (N-methyl/N-ethyl adjacent to an activating group) is 1. The Balaban J connectivity index is 1.65. The minimum atomic E-state index is -0.0701. The molecule has 4 nitrogen and oxygen atoms in total. The normalized spacial score (nSPS) is 21.0. The van der Waals surface area contributed by atoms with Crippen molar-refractivity contribution in [2.45, 2.75) is 44.8 Å². The van der Waals surface area contributed by atoms with Gasteiger partial charge in [0.25, 0.3) is 0 Å². The summed E-state index contributed by atoms with van der Waals surface area (Å²) in [5.41, 5.74) is 9.03. The maximum Gasteiger partial charge on any atom is 0.221 e. The highest BCUT2D eigenvalue weighted by Gasteiger charge is 2.60. The number of para-hydroxylation sites is 1. The first-order valence-corrected chi connectivity index (χ1v) is 13.5. The number of hydrogen-bond acceptors (Lipinski definition) is 3. The van der Waals surface area contributed by atoms with E-state index in [1.807, 2.05) is 6.07 Å². The highest BCUT2D eigenvalue weighted by Crippen LogP contribution is 2.54. The van der Waals surface area contributed by atoms with Crippen molar-refractivity contribution in [3.63, 3.8) is 0 Å². The zero-order valence-electron chi connectivity index (χ0n) is 22.3. The molecular weight excluding hydrogens is 464 g/mol. The molecule has 4 heteroatoms. The molecule has 2 aliphatic heterocycles. The largest absolute Gasteiger partial charge is 0.270 e. The number of fused-ring (bicyclic) bond motifs is 3. The van der Waals surface area contributed by atoms with Crippen molar-refractivity contribution in [1.29, 1.82) is 5.26 Å². The molecule has 188 valence electrons. The van der Waals surface area contributed by atoms with Gasteiger partial charge in [-0.05, 0) is 28.8 Å². The lowest BCUT2D eigenvalue weighted by Gasteiger charge is -2.52. The maximum atomic E-state index is 9.81. The molecule has 0 fully saturated rings. The quantitative estimate of drug-likeness (QED) is 0.263. The molecule has 0 aliphatic carbocycles. The van der Waals surface area contributed by atoms with Crippen LogP contribution in [-0.2, 0) is 6.42 Å². The van der Waals surface area contributed by atoms with Crippen LogP contribution in [0, 0.1) is 11.3 Å². The number of hydrogen-bond donors (Lipinski definition) is 0. The first-order chi connectivity index (χ1) is 18.5. The topological polar surface area (TPSA) is 39.4 Å². The van der Waals surface area contributed by atoms with Gasteiger partial charge in [-0.2, -0.15) is 9.85 Å². The van der Waals surface area contributed by atoms with Gasteiger partial charge in [0.1, 0.15) is 5.54 Å². The molecule has 38 heavy (non-hydrogen) atoms. The second-order valence-electron chi connectivity index (χ2n) is 10.6. The van der Waals surface area contributed by atoms with Crippen molar-refractivity contribution in [3.8, 4) is 28.3 Å². The molecule has 2 aliphatic rings. The van der Waals surface area contributed by atoms with E-state index in [2.05, 4.69) is 129 Å². The van der Waals surface area contributed by atoms with Gasteiger partial charge in [0.05, 0.1) is 24.4 Å². The molecule has 0 radical (unpaired) electrons. The summed E-state index contributed by atoms with van der Waals surface area (Å²) in [5.74, 6) is 0. The Morgan fingerprint density at radius 3 is 2.03 bits per heavy atom. The van der Waals surface area contributed by atoms with Gasteiger partial charge in [-0.1, -0.05) is 104 Å². The fourth-order valence-corrected chi connectivity index (χ4v) is 6.76. The summed E-state index contributed by atoms with van der Waals surface area (Å²) in [6.07, 6.45) is 4.98. The summed E-state index contributed by atoms with van der Waals surface area (Å²) < 4.78 is 0.555. The van der Waals surface area contributed by atoms with E-state index in [1.165, 1.54) is 33.4 Å². The third-order valence-electron chi connectivity index (χ3n) is 8.97. The second-order valence-corrected chi connectivity index (χ2v) is 10.6. The minimum Gasteiger partial charge on any atom is -0.270 e. The highest BCUT2D eigenvalue weighted by molar-refractivity contribution is 5.98. The van der Waals surface area contributed by atoms with Crippen molar-refractivity contribution >= 4 is 12.0 Å². The Morgan fingerprint density at radius 1 is 0.868 bits per heavy atom. The van der Waals surface area contributed by atoms with Crippen molar-refractivity contribution in [2.24, 2.45) is 5.10 Å². The Bertz CT molecular complexity index is 1490. The number of benzene rings is 4. The Kier molecular flexibility index (Phi) is 5.90. The maximum absolute atomic E-state index is 9.81. The number of nitrogens with zero attached hydrogens (tertiary/aromatic N) is 4. The van der Waals surface area contributed by atoms with E-state index in [4.69, 9.17) is 5.10 Å². The molecule has 2 unspecified atom stereocenters. The van der Waals surface area contributed by atoms with Crippen LogP contribution >= 0.6 is 0 Å². The van der Waals surface area contributed by atoms with Gasteiger partial charge in [0.15, 0.2) is 6.34 Å². The molecule has 2 atom stereocenters. The third kappa shape index (κ3) is 3.50. The van der Waals surface area contributed by atoms with Crippen LogP contribution in [0.3, 0.4) is 0 Å². The molecule has 4 aromatic carbocycles. The van der Waals surface area contributed by atoms with Crippen LogP contribution in [0.25, 0.3) is 22.3 Å². The van der Waals surface area contributed by atoms with Crippen molar-refractivity contribution < 1.29 is 4.59 Å². The SMILES string of the molecule is CCC1(CC)Cc2ccc(C#N)cc2C2N(c3c(-c4ccccc4)cccc3-c3ccccc3)C=N[N+]21C. The Morgan fingerprint density at radius 2 is 1.47 bits per heavy atom. The second kappa shape index (κ2) is 9.28. The number of rotatable bonds is 5. The molecule has 0 N–H and O–H groups in total. The first kappa shape index (κ1) is 24.2. The van der Waals surface area contributed by atoms with Crippen LogP contribution in [0.15, 0.2) is 102 Å². The highest BCUT2D eigenvalue weighted by atomic mass is 15.7. The standard InChI is InChI=1S/C34H33N4/c1-4-34(5-2)22-28-20-19-25(23-35)21-31(28)33-37(24-36-38(33,34)3)32-29(26-13-8-6-9-14-26)17-12-18-30(32)27-15-10-7-11-16-27/h6-21,24,33H,4-5,22H2,1-3H3/q+1. The summed E-state index contributed by atoms with van der Waals surface area (Å²) in [7, 11) is 2.28. The average Bonchev–Trinajstić information content (AvgIpc) is 3.35. The summed E-state index contributed by atoms with van der Waals surface area (Å²) >= 11 is 0. The smallest absolute Gasteiger partial charge is 0.221 e. The predicted octanol–water partition coefficient (Wildman–Crippen LogP) is 7.92. The zero-order valence-corrected chi connectivity index (χ0v) is 22.3. The lowest BCUT2D eigenvalue weighted by atomic mass is 9.76. The monoisotopic (exact) mass is 497 g/mol. The minimum absolute atomic E-state index is 0.0360. The fraction of sp³-hybridized carbons (Fsp3) is 0.235. The summed E-state index contributed by atoms with van der Waals surface area (Å²) in [6.45, 7) is 4.59. The lowest BCUT2D eigenvalue weighted by Crippen LogP contribution is -2.64. The predicted molar refractivity (Wildman–Crippen MR) is 155 cm³/mol. The average molecular weight is 498 g/mol. The van der Waals surface area contributed by atoms with E-state index in [0.29, 0.717) is 10.2 Å². The molecule has 0 bridgehead atoms. The van der Waals surface area contributed by atoms with Gasteiger partial charge >= 0.3 is 0 Å². The molecule has 0 saturated heterocycles. The van der Waals surface area contributed by atoms with Crippen LogP contribution in [0.1, 0.15) is 49.5 Å². The van der Waals surface area contributed by atoms with Gasteiger partial charge in [-0.15, -0.1) is 0 Å². The van der Waals surface area contributed by atoms with E-state index in [1.54, 1.807) is 0 Å². The van der Waals surface area contributed by atoms with Crippen molar-refractivity contribution in [3.05, 3.63) is 114 Å². The first-order valence-electron chi connectivity index (χ1n) is 13.5. The summed E-state index contributed by atoms with van der Waals surface area (Å²) in [4.78, 5) is 2.39. The van der Waals surface area contributed by atoms with Crippen LogP contribution in [0.2, 0.25) is 0 Å². The van der Waals surface area contributed by atoms with Crippen LogP contribution < -0.4 is 4.90 Å². The van der Waals surface area contributed by atoms with E-state index in [-0.39, 0.29) is 11.7 Å². The molecule has 0 saturated carbocycles. The van der Waals surface area contributed by atoms with Gasteiger partial charge in [-0.25, -0.2) is 0 Å². The molecule has 6 rings (SSSR count). The van der Waals surface area contributed by atoms with Crippen molar-refractivity contribution in [2.75, 3.05) is 11.9 Å². The summed E-state index contributed by atoms with van der Waals surface area (Å²) in [5, 5.41) is 15.1. The van der Waals surface area contributed by atoms with Crippen LogP contribution in [-0.4, -0.2) is 23.5 Å². The van der Waals surface area contributed by atoms with Crippen molar-refractivity contribution in [1.82, 2.24) is 0 Å². The molecular formula is C34H33N4+. The molecule has 0 aromatic heterocycles. The molecule has 0 spiro atoms. The lowest BCUT2D eigenvalue weighted by molar-refractivity contribution is -0.990. The fourth-order valence-electron chi connectivity index (χ4n) is 6.76. The molecule has 0 amide bonds. The van der Waals surface area contributed by atoms with Gasteiger partial charge in [0, 0.05) is 36.0 Å². The van der Waals surface area contributed by atoms with E-state index in [9.17, 15) is 5.26 Å². The van der Waals surface area contributed by atoms with E-state index < -0.39 is 0 Å². The molecule has 2 heterocycles. The van der Waals surface area contributed by atoms with Gasteiger partial charge in [-0.3, -0.25) is 4.90 Å². The Hall–Kier alpha value is -4.20. The van der Waals surface area contributed by atoms with Crippen LogP contribution in [0.4, 0.5) is 5.69 Å². The van der Waals surface area contributed by atoms with E-state index in [0.717, 1.165) is 24.9 Å². The van der Waals surface area contributed by atoms with Crippen LogP contribution in [0.5, 0.6) is 0 Å².